The Morgan fingerprint density at radius 3 is 1.42 bits per heavy atom. The molecule has 14 rings (SSSR count). The molecule has 0 unspecified atom stereocenters. The molecule has 2 aliphatic heterocycles. The molecule has 0 aliphatic carbocycles. The quantitative estimate of drug-likeness (QED) is 0.0441. The van der Waals surface area contributed by atoms with E-state index >= 15 is 0 Å². The molecule has 2 aliphatic rings. The fourth-order valence-corrected chi connectivity index (χ4v) is 10.0. The zero-order valence-corrected chi connectivity index (χ0v) is 58.7. The van der Waals surface area contributed by atoms with E-state index in [1.807, 2.05) is 28.7 Å². The zero-order valence-electron chi connectivity index (χ0n) is 47.9. The molecule has 0 amide bonds. The second kappa shape index (κ2) is 34.4. The van der Waals surface area contributed by atoms with Crippen molar-refractivity contribution >= 4 is 145 Å². The van der Waals surface area contributed by atoms with Gasteiger partial charge in [-0.25, -0.2) is 73.5 Å². The van der Waals surface area contributed by atoms with E-state index in [-0.39, 0.29) is 76.7 Å². The van der Waals surface area contributed by atoms with E-state index in [1.54, 1.807) is 65.3 Å². The maximum atomic E-state index is 13.7. The number of hydrogen-bond acceptors (Lipinski definition) is 15. The minimum atomic E-state index is -0.555. The Hall–Kier alpha value is -8.28. The third-order valence-corrected chi connectivity index (χ3v) is 14.9. The van der Waals surface area contributed by atoms with Gasteiger partial charge in [-0.15, -0.1) is 0 Å². The number of nitrogen functional groups attached to an aromatic ring is 1. The van der Waals surface area contributed by atoms with Crippen molar-refractivity contribution in [3.63, 3.8) is 0 Å². The Bertz CT molecular complexity index is 4880. The van der Waals surface area contributed by atoms with E-state index in [0.29, 0.717) is 87.4 Å². The summed E-state index contributed by atoms with van der Waals surface area (Å²) in [7, 11) is 0.628. The van der Waals surface area contributed by atoms with Gasteiger partial charge in [0.25, 0.3) is 0 Å². The number of aromatic nitrogens is 12. The average molecular weight is 1800 g/mol. The van der Waals surface area contributed by atoms with Crippen LogP contribution in [0.25, 0.3) is 33.1 Å². The van der Waals surface area contributed by atoms with Crippen molar-refractivity contribution in [2.75, 3.05) is 0 Å². The van der Waals surface area contributed by atoms with Crippen molar-refractivity contribution in [3.8, 4) is 12.1 Å². The SMILES string of the molecule is Fc1cnc2c(c1)C(I)=NC2.Fc1cnc2c(c1)c(I)nn2Cc1ccccc1F.N#Cc1cc(F)cnc1Cl.N#Cc1nn(Cc2ccccc2F)c2ncc(F)cc12.N=C(N)c1nn(Cc2ccccc2F)c2ncc(F)cc12.NC1=NCc2ncc(F)cc21.[I][V][I]. The van der Waals surface area contributed by atoms with Gasteiger partial charge in [0.05, 0.1) is 103 Å². The molecule has 481 valence electrons. The summed E-state index contributed by atoms with van der Waals surface area (Å²) < 4.78 is 124. The van der Waals surface area contributed by atoms with Crippen molar-refractivity contribution in [1.82, 2.24) is 59.2 Å². The van der Waals surface area contributed by atoms with Crippen molar-refractivity contribution < 1.29 is 49.0 Å². The number of rotatable bonds is 7. The standard InChI is InChI=1S/C14H11F2N5.C14H8F2N4.C13H8F2IN3.C7H4FIN2.C7H6FN3.C6H2ClFN2.2HI.V/c15-9-5-10-12(13(17)18)20-21(14(10)19-6-9)7-8-3-1-2-4-11(8)16;15-10-5-11-13(6-17)19-20(14(11)18-7-10)8-9-3-1-2-4-12(9)16;14-9-5-10-12(16)18-19(13(10)17-6-9)7-8-3-1-2-4-11(8)15;2*8-4-1-5-6(10-2-4)3-11-7(5)9;7-6-4(2-9)1-5(8)3-10-6;;;/h1-6H,7H2,(H3,17,18);1-5,7H,8H2;1-6H,7H2;1-2H,3H2;1-2H,3H2,(H2,9,11);1,3H;2*1H;/q;;;;;;;;+2/p-2. The number of benzene rings is 3. The average Bonchev–Trinajstić information content (AvgIpc) is 1.67. The van der Waals surface area contributed by atoms with Gasteiger partial charge in [0.1, 0.15) is 94.4 Å². The first-order valence-electron chi connectivity index (χ1n) is 26.7. The molecule has 0 spiro atoms. The number of nitrogens with one attached hydrogen (secondary N) is 1. The molecule has 34 heteroatoms. The summed E-state index contributed by atoms with van der Waals surface area (Å²) in [6.45, 7) is 1.58. The Kier molecular flexibility index (Phi) is 26.3. The number of halogens is 14. The monoisotopic (exact) mass is 1800 g/mol. The Labute approximate surface area is 593 Å². The molecular formula is C61H39ClF9I4N19V. The molecule has 0 saturated carbocycles. The summed E-state index contributed by atoms with van der Waals surface area (Å²) in [6, 6.07) is 30.3. The van der Waals surface area contributed by atoms with E-state index in [9.17, 15) is 39.5 Å². The van der Waals surface area contributed by atoms with Crippen LogP contribution in [0.2, 0.25) is 5.15 Å². The second-order valence-electron chi connectivity index (χ2n) is 19.1. The van der Waals surface area contributed by atoms with Gasteiger partial charge in [-0.05, 0) is 99.8 Å². The summed E-state index contributed by atoms with van der Waals surface area (Å²) >= 11 is 14.2. The fourth-order valence-electron chi connectivity index (χ4n) is 8.60. The number of amidine groups is 2. The summed E-state index contributed by atoms with van der Waals surface area (Å²) in [5.74, 6) is -3.65. The van der Waals surface area contributed by atoms with Crippen molar-refractivity contribution in [2.24, 2.45) is 21.5 Å². The van der Waals surface area contributed by atoms with Gasteiger partial charge in [0.15, 0.2) is 22.6 Å². The van der Waals surface area contributed by atoms with Crippen molar-refractivity contribution in [2.45, 2.75) is 32.7 Å². The van der Waals surface area contributed by atoms with E-state index in [0.717, 1.165) is 51.5 Å². The minimum absolute atomic E-state index is 0.0314. The van der Waals surface area contributed by atoms with Crippen LogP contribution in [-0.4, -0.2) is 74.6 Å². The van der Waals surface area contributed by atoms with Gasteiger partial charge in [-0.1, -0.05) is 66.2 Å². The molecule has 0 bridgehead atoms. The molecule has 95 heavy (non-hydrogen) atoms. The van der Waals surface area contributed by atoms with Crippen LogP contribution >= 0.6 is 96.7 Å². The van der Waals surface area contributed by atoms with Gasteiger partial charge < -0.3 is 11.5 Å². The molecule has 5 N–H and O–H groups in total. The fraction of sp³-hybridized carbons (Fsp3) is 0.0820. The van der Waals surface area contributed by atoms with Gasteiger partial charge in [-0.2, -0.15) is 25.8 Å². The van der Waals surface area contributed by atoms with Crippen molar-refractivity contribution in [1.29, 1.82) is 15.9 Å². The molecule has 12 aromatic rings. The molecular weight excluding hydrogens is 1760 g/mol. The third kappa shape index (κ3) is 19.2. The Morgan fingerprint density at radius 1 is 0.526 bits per heavy atom. The Morgan fingerprint density at radius 2 is 0.926 bits per heavy atom. The number of nitrogens with two attached hydrogens (primary N) is 2. The van der Waals surface area contributed by atoms with Gasteiger partial charge in [0, 0.05) is 27.8 Å². The number of nitriles is 2. The predicted octanol–water partition coefficient (Wildman–Crippen LogP) is 13.9. The van der Waals surface area contributed by atoms with Crippen LogP contribution in [0.3, 0.4) is 0 Å². The van der Waals surface area contributed by atoms with Crippen LogP contribution in [0, 0.1) is 84.1 Å². The first-order valence-corrected chi connectivity index (χ1v) is 38.2. The van der Waals surface area contributed by atoms with Crippen LogP contribution < -0.4 is 11.5 Å². The topological polar surface area (TPSA) is 279 Å². The van der Waals surface area contributed by atoms with E-state index < -0.39 is 23.3 Å². The van der Waals surface area contributed by atoms with Gasteiger partial charge >= 0.3 is 49.4 Å². The zero-order chi connectivity index (χ0) is 68.5. The number of fused-ring (bicyclic) bond motifs is 5. The number of pyridine rings is 6. The van der Waals surface area contributed by atoms with E-state index in [4.69, 9.17) is 39.0 Å². The van der Waals surface area contributed by atoms with Crippen LogP contribution in [0.1, 0.15) is 56.2 Å². The summed E-state index contributed by atoms with van der Waals surface area (Å²) in [4.78, 5) is 31.1. The number of nitrogens with zero attached hydrogens (tertiary/aromatic N) is 16. The summed E-state index contributed by atoms with van der Waals surface area (Å²) in [5.41, 5.74) is 16.9. The molecule has 9 aromatic heterocycles. The number of aliphatic imine (C=N–C) groups is 2. The van der Waals surface area contributed by atoms with Crippen LogP contribution in [0.5, 0.6) is 0 Å². The number of hydrogen-bond donors (Lipinski definition) is 3. The molecule has 0 radical (unpaired) electrons. The van der Waals surface area contributed by atoms with Crippen molar-refractivity contribution in [3.05, 3.63) is 264 Å². The first-order chi connectivity index (χ1) is 45.6. The molecule has 3 aromatic carbocycles. The summed E-state index contributed by atoms with van der Waals surface area (Å²) in [6.07, 6.45) is 6.59. The Balaban J connectivity index is 0.000000148. The van der Waals surface area contributed by atoms with Crippen LogP contribution in [-0.2, 0) is 42.2 Å². The molecule has 0 atom stereocenters. The molecule has 11 heterocycles. The summed E-state index contributed by atoms with van der Waals surface area (Å²) in [5, 5.41) is 38.6. The predicted molar refractivity (Wildman–Crippen MR) is 366 cm³/mol. The normalized spacial score (nSPS) is 11.3. The van der Waals surface area contributed by atoms with E-state index in [1.165, 1.54) is 70.3 Å². The molecule has 19 nitrogen and oxygen atoms in total. The molecule has 0 saturated heterocycles. The van der Waals surface area contributed by atoms with Gasteiger partial charge in [0.2, 0.25) is 0 Å². The molecule has 0 fully saturated rings. The second-order valence-corrected chi connectivity index (χ2v) is 33.3. The van der Waals surface area contributed by atoms with Crippen LogP contribution in [0.15, 0.2) is 156 Å². The van der Waals surface area contributed by atoms with Crippen LogP contribution in [0.4, 0.5) is 39.5 Å². The maximum absolute atomic E-state index is 13.7. The van der Waals surface area contributed by atoms with E-state index in [2.05, 4.69) is 118 Å². The third-order valence-electron chi connectivity index (χ3n) is 12.9. The van der Waals surface area contributed by atoms with Gasteiger partial charge in [-0.3, -0.25) is 25.4 Å². The first kappa shape index (κ1) is 72.6.